The number of ether oxygens (including phenoxy) is 1. The first-order valence-electron chi connectivity index (χ1n) is 5.55. The molecule has 106 valence electrons. The third-order valence-corrected chi connectivity index (χ3v) is 2.79. The van der Waals surface area contributed by atoms with Crippen LogP contribution in [0.3, 0.4) is 0 Å². The standard InChI is InChI=1S/C12H13BrF3NO2/c1-3-19-11(18)7(2)17-10-5-4-8(13)6-9(10)12(14,15)16/h4-7,17H,3H2,1-2H3. The van der Waals surface area contributed by atoms with Crippen LogP contribution in [-0.4, -0.2) is 18.6 Å². The molecule has 0 saturated heterocycles. The molecule has 0 saturated carbocycles. The SMILES string of the molecule is CCOC(=O)C(C)Nc1ccc(Br)cc1C(F)(F)F. The van der Waals surface area contributed by atoms with E-state index in [1.54, 1.807) is 6.92 Å². The van der Waals surface area contributed by atoms with Crippen LogP contribution in [0.15, 0.2) is 22.7 Å². The lowest BCUT2D eigenvalue weighted by atomic mass is 10.1. The van der Waals surface area contributed by atoms with E-state index >= 15 is 0 Å². The summed E-state index contributed by atoms with van der Waals surface area (Å²) in [5.74, 6) is -0.599. The van der Waals surface area contributed by atoms with Gasteiger partial charge in [-0.15, -0.1) is 0 Å². The molecule has 19 heavy (non-hydrogen) atoms. The molecular formula is C12H13BrF3NO2. The Bertz CT molecular complexity index is 463. The second kappa shape index (κ2) is 6.27. The van der Waals surface area contributed by atoms with Crippen LogP contribution in [0.1, 0.15) is 19.4 Å². The summed E-state index contributed by atoms with van der Waals surface area (Å²) in [7, 11) is 0. The van der Waals surface area contributed by atoms with E-state index in [4.69, 9.17) is 4.74 Å². The molecule has 1 unspecified atom stereocenters. The van der Waals surface area contributed by atoms with Gasteiger partial charge in [0.15, 0.2) is 0 Å². The zero-order chi connectivity index (χ0) is 14.6. The number of halogens is 4. The summed E-state index contributed by atoms with van der Waals surface area (Å²) < 4.78 is 43.6. The first kappa shape index (κ1) is 15.8. The number of esters is 1. The Labute approximate surface area is 117 Å². The Kier molecular flexibility index (Phi) is 5.22. The van der Waals surface area contributed by atoms with Gasteiger partial charge in [0.2, 0.25) is 0 Å². The number of benzene rings is 1. The highest BCUT2D eigenvalue weighted by Gasteiger charge is 2.34. The fourth-order valence-electron chi connectivity index (χ4n) is 1.44. The van der Waals surface area contributed by atoms with E-state index in [1.165, 1.54) is 19.1 Å². The number of hydrogen-bond acceptors (Lipinski definition) is 3. The molecule has 1 rings (SSSR count). The van der Waals surface area contributed by atoms with Crippen LogP contribution in [0.4, 0.5) is 18.9 Å². The molecule has 0 bridgehead atoms. The van der Waals surface area contributed by atoms with Crippen LogP contribution >= 0.6 is 15.9 Å². The summed E-state index contributed by atoms with van der Waals surface area (Å²) in [6.07, 6.45) is -4.50. The minimum atomic E-state index is -4.50. The number of anilines is 1. The second-order valence-electron chi connectivity index (χ2n) is 3.81. The van der Waals surface area contributed by atoms with Gasteiger partial charge in [0.25, 0.3) is 0 Å². The van der Waals surface area contributed by atoms with Gasteiger partial charge in [-0.05, 0) is 32.0 Å². The lowest BCUT2D eigenvalue weighted by Gasteiger charge is -2.18. The van der Waals surface area contributed by atoms with Crippen molar-refractivity contribution < 1.29 is 22.7 Å². The maximum absolute atomic E-state index is 12.9. The number of rotatable bonds is 4. The molecule has 3 nitrogen and oxygen atoms in total. The fraction of sp³-hybridized carbons (Fsp3) is 0.417. The maximum atomic E-state index is 12.9. The highest BCUT2D eigenvalue weighted by molar-refractivity contribution is 9.10. The van der Waals surface area contributed by atoms with Crippen molar-refractivity contribution in [3.05, 3.63) is 28.2 Å². The number of carbonyl (C=O) groups excluding carboxylic acids is 1. The van der Waals surface area contributed by atoms with Crippen LogP contribution in [0.5, 0.6) is 0 Å². The molecule has 0 aliphatic carbocycles. The smallest absolute Gasteiger partial charge is 0.418 e. The third-order valence-electron chi connectivity index (χ3n) is 2.30. The number of alkyl halides is 3. The monoisotopic (exact) mass is 339 g/mol. The molecule has 0 radical (unpaired) electrons. The van der Waals surface area contributed by atoms with Crippen LogP contribution in [0.25, 0.3) is 0 Å². The van der Waals surface area contributed by atoms with Gasteiger partial charge >= 0.3 is 12.1 Å². The van der Waals surface area contributed by atoms with Crippen molar-refractivity contribution in [3.8, 4) is 0 Å². The van der Waals surface area contributed by atoms with Crippen LogP contribution in [0.2, 0.25) is 0 Å². The lowest BCUT2D eigenvalue weighted by Crippen LogP contribution is -2.29. The van der Waals surface area contributed by atoms with Crippen molar-refractivity contribution in [3.63, 3.8) is 0 Å². The van der Waals surface area contributed by atoms with E-state index < -0.39 is 23.8 Å². The predicted octanol–water partition coefficient (Wildman–Crippen LogP) is 3.83. The predicted molar refractivity (Wildman–Crippen MR) is 68.9 cm³/mol. The Hall–Kier alpha value is -1.24. The molecule has 0 heterocycles. The Morgan fingerprint density at radius 1 is 1.47 bits per heavy atom. The van der Waals surface area contributed by atoms with Gasteiger partial charge in [0, 0.05) is 10.2 Å². The van der Waals surface area contributed by atoms with Crippen molar-refractivity contribution >= 4 is 27.6 Å². The van der Waals surface area contributed by atoms with Crippen molar-refractivity contribution in [2.24, 2.45) is 0 Å². The second-order valence-corrected chi connectivity index (χ2v) is 4.72. The maximum Gasteiger partial charge on any atom is 0.418 e. The van der Waals surface area contributed by atoms with E-state index in [1.807, 2.05) is 0 Å². The van der Waals surface area contributed by atoms with Crippen molar-refractivity contribution in [1.29, 1.82) is 0 Å². The van der Waals surface area contributed by atoms with E-state index in [0.717, 1.165) is 6.07 Å². The average molecular weight is 340 g/mol. The van der Waals surface area contributed by atoms with Crippen molar-refractivity contribution in [2.45, 2.75) is 26.1 Å². The number of carbonyl (C=O) groups is 1. The van der Waals surface area contributed by atoms with Gasteiger partial charge in [-0.3, -0.25) is 0 Å². The highest BCUT2D eigenvalue weighted by Crippen LogP contribution is 2.36. The summed E-state index contributed by atoms with van der Waals surface area (Å²) in [5.41, 5.74) is -0.991. The molecule has 7 heteroatoms. The molecule has 0 amide bonds. The first-order valence-corrected chi connectivity index (χ1v) is 6.35. The van der Waals surface area contributed by atoms with Gasteiger partial charge in [0.1, 0.15) is 6.04 Å². The summed E-state index contributed by atoms with van der Waals surface area (Å²) >= 11 is 2.99. The molecule has 0 aliphatic heterocycles. The molecule has 0 spiro atoms. The molecule has 0 fully saturated rings. The van der Waals surface area contributed by atoms with E-state index in [0.29, 0.717) is 4.47 Å². The number of hydrogen-bond donors (Lipinski definition) is 1. The van der Waals surface area contributed by atoms with Gasteiger partial charge in [-0.25, -0.2) is 4.79 Å². The zero-order valence-electron chi connectivity index (χ0n) is 10.3. The van der Waals surface area contributed by atoms with E-state index in [2.05, 4.69) is 21.2 Å². The molecular weight excluding hydrogens is 327 g/mol. The average Bonchev–Trinajstić information content (AvgIpc) is 2.30. The van der Waals surface area contributed by atoms with Gasteiger partial charge in [-0.1, -0.05) is 15.9 Å². The summed E-state index contributed by atoms with van der Waals surface area (Å²) in [5, 5.41) is 2.51. The molecule has 1 aromatic carbocycles. The van der Waals surface area contributed by atoms with E-state index in [9.17, 15) is 18.0 Å². The van der Waals surface area contributed by atoms with Crippen LogP contribution < -0.4 is 5.32 Å². The van der Waals surface area contributed by atoms with E-state index in [-0.39, 0.29) is 12.3 Å². The highest BCUT2D eigenvalue weighted by atomic mass is 79.9. The topological polar surface area (TPSA) is 38.3 Å². The number of nitrogens with one attached hydrogen (secondary N) is 1. The van der Waals surface area contributed by atoms with Crippen LogP contribution in [0, 0.1) is 0 Å². The summed E-state index contributed by atoms with van der Waals surface area (Å²) in [4.78, 5) is 11.4. The van der Waals surface area contributed by atoms with Gasteiger partial charge in [-0.2, -0.15) is 13.2 Å². The molecule has 0 aliphatic rings. The Morgan fingerprint density at radius 3 is 2.63 bits per heavy atom. The molecule has 0 aromatic heterocycles. The molecule has 1 aromatic rings. The molecule has 1 atom stereocenters. The molecule has 1 N–H and O–H groups in total. The minimum absolute atomic E-state index is 0.156. The quantitative estimate of drug-likeness (QED) is 0.847. The Morgan fingerprint density at radius 2 is 2.11 bits per heavy atom. The van der Waals surface area contributed by atoms with Crippen molar-refractivity contribution in [2.75, 3.05) is 11.9 Å². The zero-order valence-corrected chi connectivity index (χ0v) is 11.9. The first-order chi connectivity index (χ1) is 8.75. The lowest BCUT2D eigenvalue weighted by molar-refractivity contribution is -0.144. The largest absolute Gasteiger partial charge is 0.464 e. The van der Waals surface area contributed by atoms with Gasteiger partial charge < -0.3 is 10.1 Å². The summed E-state index contributed by atoms with van der Waals surface area (Å²) in [6.45, 7) is 3.25. The minimum Gasteiger partial charge on any atom is -0.464 e. The third kappa shape index (κ3) is 4.41. The van der Waals surface area contributed by atoms with Gasteiger partial charge in [0.05, 0.1) is 12.2 Å². The normalized spacial score (nSPS) is 12.9. The van der Waals surface area contributed by atoms with Crippen molar-refractivity contribution in [1.82, 2.24) is 0 Å². The fourth-order valence-corrected chi connectivity index (χ4v) is 1.80. The van der Waals surface area contributed by atoms with Crippen LogP contribution in [-0.2, 0) is 15.7 Å². The summed E-state index contributed by atoms with van der Waals surface area (Å²) in [6, 6.07) is 2.83. The Balaban J connectivity index is 2.98.